The van der Waals surface area contributed by atoms with Gasteiger partial charge in [0, 0.05) is 13.0 Å². The second-order valence-electron chi connectivity index (χ2n) is 6.00. The van der Waals surface area contributed by atoms with E-state index in [1.165, 1.54) is 12.1 Å². The summed E-state index contributed by atoms with van der Waals surface area (Å²) < 4.78 is 14.6. The highest BCUT2D eigenvalue weighted by atomic mass is 19.1. The van der Waals surface area contributed by atoms with Crippen molar-refractivity contribution in [2.45, 2.75) is 19.3 Å². The molecule has 0 radical (unpaired) electrons. The number of aryl methyl sites for hydroxylation is 2. The van der Waals surface area contributed by atoms with Gasteiger partial charge in [-0.3, -0.25) is 9.89 Å². The minimum atomic E-state index is -0.262. The van der Waals surface area contributed by atoms with Crippen molar-refractivity contribution < 1.29 is 9.18 Å². The van der Waals surface area contributed by atoms with E-state index in [1.807, 2.05) is 14.0 Å². The summed E-state index contributed by atoms with van der Waals surface area (Å²) in [5.41, 5.74) is 2.53. The van der Waals surface area contributed by atoms with Crippen LogP contribution in [0, 0.1) is 18.7 Å². The van der Waals surface area contributed by atoms with Crippen molar-refractivity contribution in [3.63, 3.8) is 0 Å². The molecule has 0 spiro atoms. The summed E-state index contributed by atoms with van der Waals surface area (Å²) in [6.07, 6.45) is 0.779. The van der Waals surface area contributed by atoms with E-state index >= 15 is 0 Å². The highest BCUT2D eigenvalue weighted by Gasteiger charge is 2.44. The molecule has 2 atom stereocenters. The van der Waals surface area contributed by atoms with E-state index in [1.54, 1.807) is 16.8 Å². The topological polar surface area (TPSA) is 75.6 Å². The number of anilines is 1. The van der Waals surface area contributed by atoms with Gasteiger partial charge in [-0.2, -0.15) is 10.2 Å². The highest BCUT2D eigenvalue weighted by molar-refractivity contribution is 6.02. The second kappa shape index (κ2) is 4.91. The zero-order valence-corrected chi connectivity index (χ0v) is 12.8. The maximum absolute atomic E-state index is 13.0. The van der Waals surface area contributed by atoms with Crippen molar-refractivity contribution in [3.05, 3.63) is 41.3 Å². The van der Waals surface area contributed by atoms with Crippen molar-refractivity contribution in [1.29, 1.82) is 0 Å². The molecule has 1 aromatic carbocycles. The quantitative estimate of drug-likeness (QED) is 0.780. The molecular weight excluding hydrogens is 297 g/mol. The lowest BCUT2D eigenvalue weighted by atomic mass is 10.1. The SMILES string of the molecule is Cc1nn(C)c2n[nH]c(NC(=O)[C@H]3C[C@@H]3c3ccc(F)cc3)c12. The molecule has 2 aromatic heterocycles. The Bertz CT molecular complexity index is 895. The number of amides is 1. The minimum Gasteiger partial charge on any atom is -0.310 e. The number of carbonyl (C=O) groups is 1. The molecule has 118 valence electrons. The van der Waals surface area contributed by atoms with Gasteiger partial charge in [0.15, 0.2) is 5.65 Å². The number of fused-ring (bicyclic) bond motifs is 1. The van der Waals surface area contributed by atoms with Crippen LogP contribution in [0.1, 0.15) is 23.6 Å². The second-order valence-corrected chi connectivity index (χ2v) is 6.00. The lowest BCUT2D eigenvalue weighted by Crippen LogP contribution is -2.15. The number of nitrogens with one attached hydrogen (secondary N) is 2. The zero-order valence-electron chi connectivity index (χ0n) is 12.8. The number of halogens is 1. The van der Waals surface area contributed by atoms with Gasteiger partial charge in [-0.05, 0) is 37.0 Å². The van der Waals surface area contributed by atoms with Gasteiger partial charge in [-0.1, -0.05) is 12.1 Å². The fourth-order valence-electron chi connectivity index (χ4n) is 3.10. The molecule has 0 bridgehead atoms. The molecule has 0 unspecified atom stereocenters. The summed E-state index contributed by atoms with van der Waals surface area (Å²) in [5, 5.41) is 15.1. The maximum Gasteiger partial charge on any atom is 0.229 e. The summed E-state index contributed by atoms with van der Waals surface area (Å²) in [6, 6.07) is 6.35. The molecular formula is C16H16FN5O. The third kappa shape index (κ3) is 2.28. The molecule has 1 fully saturated rings. The van der Waals surface area contributed by atoms with Crippen molar-refractivity contribution in [2.75, 3.05) is 5.32 Å². The molecule has 1 aliphatic rings. The lowest BCUT2D eigenvalue weighted by molar-refractivity contribution is -0.117. The molecule has 0 saturated heterocycles. The minimum absolute atomic E-state index is 0.0480. The lowest BCUT2D eigenvalue weighted by Gasteiger charge is -2.03. The van der Waals surface area contributed by atoms with Gasteiger partial charge in [0.25, 0.3) is 0 Å². The third-order valence-electron chi connectivity index (χ3n) is 4.39. The first-order valence-corrected chi connectivity index (χ1v) is 7.48. The smallest absolute Gasteiger partial charge is 0.229 e. The van der Waals surface area contributed by atoms with E-state index in [0.717, 1.165) is 23.1 Å². The number of H-pyrrole nitrogens is 1. The number of aromatic amines is 1. The Kier molecular flexibility index (Phi) is 2.97. The first kappa shape index (κ1) is 13.9. The van der Waals surface area contributed by atoms with Crippen molar-refractivity contribution in [1.82, 2.24) is 20.0 Å². The number of carbonyl (C=O) groups excluding carboxylic acids is 1. The Morgan fingerprint density at radius 1 is 1.39 bits per heavy atom. The van der Waals surface area contributed by atoms with Gasteiger partial charge in [0.05, 0.1) is 11.1 Å². The van der Waals surface area contributed by atoms with Gasteiger partial charge >= 0.3 is 0 Å². The highest BCUT2D eigenvalue weighted by Crippen LogP contribution is 2.48. The van der Waals surface area contributed by atoms with Gasteiger partial charge in [0.2, 0.25) is 5.91 Å². The zero-order chi connectivity index (χ0) is 16.1. The van der Waals surface area contributed by atoms with Crippen LogP contribution in [-0.4, -0.2) is 25.9 Å². The molecule has 2 N–H and O–H groups in total. The first-order valence-electron chi connectivity index (χ1n) is 7.48. The monoisotopic (exact) mass is 313 g/mol. The van der Waals surface area contributed by atoms with Crippen LogP contribution in [0.4, 0.5) is 10.2 Å². The molecule has 1 amide bonds. The van der Waals surface area contributed by atoms with Gasteiger partial charge in [-0.25, -0.2) is 9.07 Å². The fourth-order valence-corrected chi connectivity index (χ4v) is 3.10. The standard InChI is InChI=1S/C16H16FN5O/c1-8-13-14(19-20-15(13)22(2)21-8)18-16(23)12-7-11(12)9-3-5-10(17)6-4-9/h3-6,11-12H,7H2,1-2H3,(H2,18,19,20,23)/t11-,12+/m1/s1. The number of hydrogen-bond donors (Lipinski definition) is 2. The van der Waals surface area contributed by atoms with E-state index in [0.29, 0.717) is 11.5 Å². The average molecular weight is 313 g/mol. The summed E-state index contributed by atoms with van der Waals surface area (Å²) in [5.74, 6) is 0.343. The molecule has 2 heterocycles. The van der Waals surface area contributed by atoms with Crippen LogP contribution >= 0.6 is 0 Å². The molecule has 1 saturated carbocycles. The van der Waals surface area contributed by atoms with Crippen LogP contribution in [0.5, 0.6) is 0 Å². The Hall–Kier alpha value is -2.70. The van der Waals surface area contributed by atoms with Crippen molar-refractivity contribution in [3.8, 4) is 0 Å². The molecule has 4 rings (SSSR count). The molecule has 3 aromatic rings. The Balaban J connectivity index is 1.51. The Morgan fingerprint density at radius 2 is 2.13 bits per heavy atom. The molecule has 6 nitrogen and oxygen atoms in total. The summed E-state index contributed by atoms with van der Waals surface area (Å²) in [7, 11) is 1.81. The van der Waals surface area contributed by atoms with E-state index in [9.17, 15) is 9.18 Å². The number of hydrogen-bond acceptors (Lipinski definition) is 3. The fraction of sp³-hybridized carbons (Fsp3) is 0.312. The number of aromatic nitrogens is 4. The normalized spacial score (nSPS) is 20.0. The molecule has 23 heavy (non-hydrogen) atoms. The Morgan fingerprint density at radius 3 is 2.87 bits per heavy atom. The largest absolute Gasteiger partial charge is 0.310 e. The van der Waals surface area contributed by atoms with Crippen LogP contribution < -0.4 is 5.32 Å². The number of nitrogens with zero attached hydrogens (tertiary/aromatic N) is 3. The summed E-state index contributed by atoms with van der Waals surface area (Å²) in [4.78, 5) is 12.4. The van der Waals surface area contributed by atoms with E-state index in [-0.39, 0.29) is 23.6 Å². The predicted molar refractivity (Wildman–Crippen MR) is 83.5 cm³/mol. The number of rotatable bonds is 3. The van der Waals surface area contributed by atoms with E-state index in [2.05, 4.69) is 20.6 Å². The Labute approximate surface area is 131 Å². The van der Waals surface area contributed by atoms with Crippen LogP contribution in [0.25, 0.3) is 11.0 Å². The van der Waals surface area contributed by atoms with Gasteiger partial charge in [0.1, 0.15) is 11.6 Å². The predicted octanol–water partition coefficient (Wildman–Crippen LogP) is 2.49. The van der Waals surface area contributed by atoms with Gasteiger partial charge in [-0.15, -0.1) is 0 Å². The first-order chi connectivity index (χ1) is 11.0. The van der Waals surface area contributed by atoms with Crippen LogP contribution in [0.2, 0.25) is 0 Å². The molecule has 0 aliphatic heterocycles. The van der Waals surface area contributed by atoms with Crippen molar-refractivity contribution in [2.24, 2.45) is 13.0 Å². The number of benzene rings is 1. The van der Waals surface area contributed by atoms with Crippen LogP contribution in [0.15, 0.2) is 24.3 Å². The van der Waals surface area contributed by atoms with Crippen molar-refractivity contribution >= 4 is 22.8 Å². The van der Waals surface area contributed by atoms with Crippen LogP contribution in [-0.2, 0) is 11.8 Å². The van der Waals surface area contributed by atoms with E-state index < -0.39 is 0 Å². The van der Waals surface area contributed by atoms with Gasteiger partial charge < -0.3 is 5.32 Å². The molecule has 7 heteroatoms. The van der Waals surface area contributed by atoms with Crippen LogP contribution in [0.3, 0.4) is 0 Å². The average Bonchev–Trinajstić information content (AvgIpc) is 3.13. The summed E-state index contributed by atoms with van der Waals surface area (Å²) in [6.45, 7) is 1.88. The summed E-state index contributed by atoms with van der Waals surface area (Å²) >= 11 is 0. The van der Waals surface area contributed by atoms with E-state index in [4.69, 9.17) is 0 Å². The molecule has 1 aliphatic carbocycles. The third-order valence-corrected chi connectivity index (χ3v) is 4.39. The maximum atomic E-state index is 13.0.